The molecule has 2 aliphatic rings. The van der Waals surface area contributed by atoms with Crippen molar-refractivity contribution in [2.75, 3.05) is 7.11 Å². The minimum Gasteiger partial charge on any atom is -0.368 e. The molecule has 1 atom stereocenters. The summed E-state index contributed by atoms with van der Waals surface area (Å²) < 4.78 is 45.4. The third-order valence-corrected chi connectivity index (χ3v) is 4.56. The SMILES string of the molecule is COC1(c2ncccc2C(F)(F)F)C=C(C#N)C(=O)C2(CC2)C1. The second kappa shape index (κ2) is 4.90. The van der Waals surface area contributed by atoms with Gasteiger partial charge in [-0.05, 0) is 37.5 Å². The summed E-state index contributed by atoms with van der Waals surface area (Å²) in [5.74, 6) is -0.308. The first-order chi connectivity index (χ1) is 10.8. The number of hydrogen-bond donors (Lipinski definition) is 0. The van der Waals surface area contributed by atoms with Crippen LogP contribution in [0.5, 0.6) is 0 Å². The maximum Gasteiger partial charge on any atom is 0.418 e. The summed E-state index contributed by atoms with van der Waals surface area (Å²) in [6.45, 7) is 0. The van der Waals surface area contributed by atoms with Gasteiger partial charge in [0, 0.05) is 18.7 Å². The van der Waals surface area contributed by atoms with Gasteiger partial charge in [0.05, 0.1) is 16.8 Å². The third-order valence-electron chi connectivity index (χ3n) is 4.56. The van der Waals surface area contributed by atoms with Crippen molar-refractivity contribution in [2.45, 2.75) is 31.0 Å². The summed E-state index contributed by atoms with van der Waals surface area (Å²) in [5.41, 5.74) is -3.70. The van der Waals surface area contributed by atoms with E-state index in [1.165, 1.54) is 25.4 Å². The van der Waals surface area contributed by atoms with Gasteiger partial charge in [-0.1, -0.05) is 0 Å². The first-order valence-electron chi connectivity index (χ1n) is 7.04. The molecule has 4 nitrogen and oxygen atoms in total. The number of hydrogen-bond acceptors (Lipinski definition) is 4. The molecule has 1 saturated carbocycles. The number of rotatable bonds is 2. The van der Waals surface area contributed by atoms with Gasteiger partial charge >= 0.3 is 6.18 Å². The Bertz CT molecular complexity index is 744. The fraction of sp³-hybridized carbons (Fsp3) is 0.438. The lowest BCUT2D eigenvalue weighted by molar-refractivity contribution is -0.142. The molecule has 23 heavy (non-hydrogen) atoms. The lowest BCUT2D eigenvalue weighted by Gasteiger charge is -2.37. The van der Waals surface area contributed by atoms with Crippen molar-refractivity contribution >= 4 is 5.78 Å². The normalized spacial score (nSPS) is 25.9. The van der Waals surface area contributed by atoms with Crippen LogP contribution in [0.25, 0.3) is 0 Å². The Morgan fingerprint density at radius 2 is 2.09 bits per heavy atom. The lowest BCUT2D eigenvalue weighted by Crippen LogP contribution is -2.40. The number of allylic oxidation sites excluding steroid dienone is 1. The van der Waals surface area contributed by atoms with Crippen LogP contribution in [0.4, 0.5) is 13.2 Å². The van der Waals surface area contributed by atoms with E-state index in [0.29, 0.717) is 12.8 Å². The van der Waals surface area contributed by atoms with Crippen LogP contribution in [0, 0.1) is 16.7 Å². The number of ether oxygens (including phenoxy) is 1. The molecular weight excluding hydrogens is 309 g/mol. The number of nitrogens with zero attached hydrogens (tertiary/aromatic N) is 2. The summed E-state index contributed by atoms with van der Waals surface area (Å²) in [6.07, 6.45) is -0.999. The van der Waals surface area contributed by atoms with Gasteiger partial charge in [0.15, 0.2) is 5.78 Å². The average molecular weight is 322 g/mol. The van der Waals surface area contributed by atoms with Gasteiger partial charge in [-0.2, -0.15) is 18.4 Å². The van der Waals surface area contributed by atoms with Crippen molar-refractivity contribution in [3.63, 3.8) is 0 Å². The Hall–Kier alpha value is -2.20. The monoisotopic (exact) mass is 322 g/mol. The average Bonchev–Trinajstić information content (AvgIpc) is 3.30. The van der Waals surface area contributed by atoms with E-state index >= 15 is 0 Å². The van der Waals surface area contributed by atoms with E-state index in [9.17, 15) is 23.2 Å². The molecule has 2 aliphatic carbocycles. The highest BCUT2D eigenvalue weighted by atomic mass is 19.4. The van der Waals surface area contributed by atoms with Gasteiger partial charge in [-0.25, -0.2) is 0 Å². The van der Waals surface area contributed by atoms with Crippen LogP contribution < -0.4 is 0 Å². The molecule has 1 spiro atoms. The van der Waals surface area contributed by atoms with E-state index in [2.05, 4.69) is 4.98 Å². The van der Waals surface area contributed by atoms with Crippen molar-refractivity contribution in [3.8, 4) is 6.07 Å². The molecule has 1 unspecified atom stereocenters. The zero-order chi connectivity index (χ0) is 16.9. The number of ketones is 1. The topological polar surface area (TPSA) is 63.0 Å². The first-order valence-corrected chi connectivity index (χ1v) is 7.04. The molecule has 0 N–H and O–H groups in total. The molecule has 1 aromatic rings. The molecule has 0 amide bonds. The number of aromatic nitrogens is 1. The van der Waals surface area contributed by atoms with Crippen LogP contribution in [-0.2, 0) is 21.3 Å². The standard InChI is InChI=1S/C16H13F3N2O2/c1-23-15(12-11(16(17,18)19)3-2-6-21-12)7-10(8-20)13(22)14(9-15)4-5-14/h2-3,6-7H,4-5,9H2,1H3. The van der Waals surface area contributed by atoms with E-state index in [1.807, 2.05) is 0 Å². The number of Topliss-reactive ketones (excluding diaryl/α,β-unsaturated/α-hetero) is 1. The van der Waals surface area contributed by atoms with Crippen LogP contribution in [0.1, 0.15) is 30.5 Å². The largest absolute Gasteiger partial charge is 0.418 e. The van der Waals surface area contributed by atoms with Crippen LogP contribution in [0.3, 0.4) is 0 Å². The quantitative estimate of drug-likeness (QED) is 0.839. The van der Waals surface area contributed by atoms with Gasteiger partial charge < -0.3 is 4.74 Å². The summed E-state index contributed by atoms with van der Waals surface area (Å²) in [6, 6.07) is 3.92. The summed E-state index contributed by atoms with van der Waals surface area (Å²) in [7, 11) is 1.27. The van der Waals surface area contributed by atoms with Crippen molar-refractivity contribution in [1.29, 1.82) is 5.26 Å². The van der Waals surface area contributed by atoms with E-state index in [0.717, 1.165) is 6.07 Å². The maximum absolute atomic E-state index is 13.3. The molecule has 0 saturated heterocycles. The Morgan fingerprint density at radius 1 is 1.39 bits per heavy atom. The Labute approximate surface area is 130 Å². The van der Waals surface area contributed by atoms with Crippen LogP contribution >= 0.6 is 0 Å². The summed E-state index contributed by atoms with van der Waals surface area (Å²) in [4.78, 5) is 16.2. The van der Waals surface area contributed by atoms with Crippen molar-refractivity contribution < 1.29 is 22.7 Å². The molecule has 0 aliphatic heterocycles. The zero-order valence-corrected chi connectivity index (χ0v) is 12.3. The molecule has 3 rings (SSSR count). The molecule has 1 heterocycles. The fourth-order valence-electron chi connectivity index (χ4n) is 3.21. The van der Waals surface area contributed by atoms with Crippen LogP contribution in [0.15, 0.2) is 30.0 Å². The second-order valence-corrected chi connectivity index (χ2v) is 5.95. The highest BCUT2D eigenvalue weighted by molar-refractivity contribution is 6.06. The van der Waals surface area contributed by atoms with Gasteiger partial charge in [0.2, 0.25) is 0 Å². The molecule has 0 radical (unpaired) electrons. The van der Waals surface area contributed by atoms with Crippen molar-refractivity contribution in [1.82, 2.24) is 4.98 Å². The number of alkyl halides is 3. The third kappa shape index (κ3) is 2.34. The maximum atomic E-state index is 13.3. The van der Waals surface area contributed by atoms with Gasteiger partial charge in [0.1, 0.15) is 11.7 Å². The number of carbonyl (C=O) groups is 1. The molecule has 1 aromatic heterocycles. The van der Waals surface area contributed by atoms with Gasteiger partial charge in [-0.15, -0.1) is 0 Å². The Morgan fingerprint density at radius 3 is 2.61 bits per heavy atom. The molecule has 0 aromatic carbocycles. The Kier molecular flexibility index (Phi) is 3.34. The predicted octanol–water partition coefficient (Wildman–Crippen LogP) is 3.15. The molecule has 1 fully saturated rings. The highest BCUT2D eigenvalue weighted by Gasteiger charge is 2.60. The molecule has 7 heteroatoms. The number of carbonyl (C=O) groups excluding carboxylic acids is 1. The Balaban J connectivity index is 2.23. The lowest BCUT2D eigenvalue weighted by atomic mass is 9.73. The van der Waals surface area contributed by atoms with E-state index in [-0.39, 0.29) is 23.5 Å². The van der Waals surface area contributed by atoms with E-state index in [4.69, 9.17) is 4.74 Å². The van der Waals surface area contributed by atoms with E-state index < -0.39 is 22.8 Å². The minimum absolute atomic E-state index is 0.0700. The minimum atomic E-state index is -4.60. The molecule has 120 valence electrons. The highest BCUT2D eigenvalue weighted by Crippen LogP contribution is 2.59. The van der Waals surface area contributed by atoms with Crippen LogP contribution in [0.2, 0.25) is 0 Å². The number of methoxy groups -OCH3 is 1. The van der Waals surface area contributed by atoms with Gasteiger partial charge in [0.25, 0.3) is 0 Å². The number of halogens is 3. The van der Waals surface area contributed by atoms with E-state index in [1.54, 1.807) is 6.07 Å². The first kappa shape index (κ1) is 15.7. The van der Waals surface area contributed by atoms with Gasteiger partial charge in [-0.3, -0.25) is 9.78 Å². The van der Waals surface area contributed by atoms with Crippen molar-refractivity contribution in [2.24, 2.45) is 5.41 Å². The summed E-state index contributed by atoms with van der Waals surface area (Å²) >= 11 is 0. The van der Waals surface area contributed by atoms with Crippen molar-refractivity contribution in [3.05, 3.63) is 41.2 Å². The smallest absolute Gasteiger partial charge is 0.368 e. The molecule has 0 bridgehead atoms. The molecular formula is C16H13F3N2O2. The van der Waals surface area contributed by atoms with Crippen LogP contribution in [-0.4, -0.2) is 17.9 Å². The summed E-state index contributed by atoms with van der Waals surface area (Å²) in [5, 5.41) is 9.19. The number of pyridine rings is 1. The number of nitriles is 1. The fourth-order valence-corrected chi connectivity index (χ4v) is 3.21. The predicted molar refractivity (Wildman–Crippen MR) is 72.9 cm³/mol. The zero-order valence-electron chi connectivity index (χ0n) is 12.3. The second-order valence-electron chi connectivity index (χ2n) is 5.95.